The minimum absolute atomic E-state index is 0.191. The van der Waals surface area contributed by atoms with Crippen molar-refractivity contribution in [3.05, 3.63) is 45.6 Å². The summed E-state index contributed by atoms with van der Waals surface area (Å²) in [6.07, 6.45) is 0. The normalized spacial score (nSPS) is 17.1. The molecule has 0 fully saturated rings. The molecule has 5 nitrogen and oxygen atoms in total. The molecule has 2 aromatic rings. The number of carbonyl (C=O) groups is 1. The summed E-state index contributed by atoms with van der Waals surface area (Å²) in [4.78, 5) is 12.5. The summed E-state index contributed by atoms with van der Waals surface area (Å²) in [5.41, 5.74) is 2.02. The Bertz CT molecular complexity index is 791. The quantitative estimate of drug-likeness (QED) is 0.846. The van der Waals surface area contributed by atoms with Gasteiger partial charge in [-0.3, -0.25) is 9.00 Å². The number of halogens is 1. The topological polar surface area (TPSA) is 64.0 Å². The first-order chi connectivity index (χ1) is 10.8. The van der Waals surface area contributed by atoms with Crippen molar-refractivity contribution in [2.24, 2.45) is 0 Å². The largest absolute Gasteiger partial charge is 0.306 e. The lowest BCUT2D eigenvalue weighted by atomic mass is 10.1. The first-order valence-corrected chi connectivity index (χ1v) is 9.57. The van der Waals surface area contributed by atoms with Gasteiger partial charge in [0.15, 0.2) is 0 Å². The van der Waals surface area contributed by atoms with Crippen molar-refractivity contribution in [3.63, 3.8) is 0 Å². The third kappa shape index (κ3) is 3.26. The van der Waals surface area contributed by atoms with Crippen molar-refractivity contribution in [1.82, 2.24) is 9.78 Å². The number of amides is 1. The molecule has 0 saturated heterocycles. The molecule has 0 aliphatic carbocycles. The number of nitrogens with one attached hydrogen (secondary N) is 1. The monoisotopic (exact) mass is 395 g/mol. The Morgan fingerprint density at radius 1 is 1.26 bits per heavy atom. The summed E-state index contributed by atoms with van der Waals surface area (Å²) < 4.78 is 14.6. The minimum atomic E-state index is -0.929. The highest BCUT2D eigenvalue weighted by Gasteiger charge is 2.31. The summed E-state index contributed by atoms with van der Waals surface area (Å²) >= 11 is 3.36. The SMILES string of the molecule is CC(C)(C)n1nc2c(c1NC(=O)c1ccc(Br)cc1)CS(=O)C2. The predicted octanol–water partition coefficient (Wildman–Crippen LogP) is 3.42. The van der Waals surface area contributed by atoms with Gasteiger partial charge in [-0.15, -0.1) is 0 Å². The highest BCUT2D eigenvalue weighted by atomic mass is 79.9. The molecule has 1 aliphatic rings. The van der Waals surface area contributed by atoms with Crippen LogP contribution in [-0.4, -0.2) is 19.9 Å². The number of carbonyl (C=O) groups excluding carboxylic acids is 1. The summed E-state index contributed by atoms with van der Waals surface area (Å²) in [5.74, 6) is 1.37. The van der Waals surface area contributed by atoms with E-state index in [0.717, 1.165) is 15.7 Å². The van der Waals surface area contributed by atoms with E-state index in [9.17, 15) is 9.00 Å². The highest BCUT2D eigenvalue weighted by Crippen LogP contribution is 2.33. The average molecular weight is 396 g/mol. The molecule has 23 heavy (non-hydrogen) atoms. The van der Waals surface area contributed by atoms with E-state index in [4.69, 9.17) is 0 Å². The van der Waals surface area contributed by atoms with Crippen molar-refractivity contribution in [3.8, 4) is 0 Å². The van der Waals surface area contributed by atoms with Crippen LogP contribution < -0.4 is 5.32 Å². The fourth-order valence-corrected chi connectivity index (χ4v) is 4.05. The van der Waals surface area contributed by atoms with Gasteiger partial charge in [-0.2, -0.15) is 5.10 Å². The third-order valence-corrected chi connectivity index (χ3v) is 5.38. The Hall–Kier alpha value is -1.47. The van der Waals surface area contributed by atoms with Crippen LogP contribution in [0.1, 0.15) is 42.4 Å². The number of hydrogen-bond acceptors (Lipinski definition) is 3. The smallest absolute Gasteiger partial charge is 0.256 e. The van der Waals surface area contributed by atoms with Crippen LogP contribution in [0.4, 0.5) is 5.82 Å². The second-order valence-electron chi connectivity index (χ2n) is 6.55. The standard InChI is InChI=1S/C16H18BrN3O2S/c1-16(2,3)20-14(12-8-23(22)9-13(12)19-20)18-15(21)10-4-6-11(17)7-5-10/h4-7H,8-9H2,1-3H3,(H,18,21). The zero-order chi connectivity index (χ0) is 16.8. The molecule has 7 heteroatoms. The van der Waals surface area contributed by atoms with E-state index in [2.05, 4.69) is 26.3 Å². The van der Waals surface area contributed by atoms with E-state index < -0.39 is 10.8 Å². The van der Waals surface area contributed by atoms with Crippen LogP contribution >= 0.6 is 15.9 Å². The molecule has 1 N–H and O–H groups in total. The van der Waals surface area contributed by atoms with Gasteiger partial charge in [-0.05, 0) is 45.0 Å². The number of rotatable bonds is 2. The van der Waals surface area contributed by atoms with Gasteiger partial charge in [0, 0.05) is 26.4 Å². The third-order valence-electron chi connectivity index (χ3n) is 3.64. The van der Waals surface area contributed by atoms with Crippen LogP contribution in [0, 0.1) is 0 Å². The maximum absolute atomic E-state index is 12.5. The lowest BCUT2D eigenvalue weighted by molar-refractivity contribution is 0.102. The van der Waals surface area contributed by atoms with Gasteiger partial charge in [-0.1, -0.05) is 15.9 Å². The summed E-state index contributed by atoms with van der Waals surface area (Å²) in [7, 11) is -0.929. The average Bonchev–Trinajstić information content (AvgIpc) is 2.97. The summed E-state index contributed by atoms with van der Waals surface area (Å²) in [5, 5.41) is 7.54. The van der Waals surface area contributed by atoms with E-state index in [1.807, 2.05) is 37.6 Å². The number of benzene rings is 1. The molecule has 1 atom stereocenters. The zero-order valence-corrected chi connectivity index (χ0v) is 15.6. The van der Waals surface area contributed by atoms with Gasteiger partial charge >= 0.3 is 0 Å². The Balaban J connectivity index is 1.97. The van der Waals surface area contributed by atoms with Crippen LogP contribution in [0.15, 0.2) is 28.7 Å². The van der Waals surface area contributed by atoms with E-state index in [0.29, 0.717) is 22.9 Å². The van der Waals surface area contributed by atoms with Crippen LogP contribution in [0.2, 0.25) is 0 Å². The lowest BCUT2D eigenvalue weighted by Crippen LogP contribution is -2.27. The molecule has 1 unspecified atom stereocenters. The van der Waals surface area contributed by atoms with Crippen molar-refractivity contribution >= 4 is 38.5 Å². The van der Waals surface area contributed by atoms with Gasteiger partial charge in [0.2, 0.25) is 0 Å². The number of nitrogens with zero attached hydrogens (tertiary/aromatic N) is 2. The number of anilines is 1. The maximum Gasteiger partial charge on any atom is 0.256 e. The van der Waals surface area contributed by atoms with E-state index >= 15 is 0 Å². The van der Waals surface area contributed by atoms with Gasteiger partial charge in [0.25, 0.3) is 5.91 Å². The van der Waals surface area contributed by atoms with Crippen molar-refractivity contribution in [2.75, 3.05) is 5.32 Å². The van der Waals surface area contributed by atoms with Gasteiger partial charge < -0.3 is 5.32 Å². The first kappa shape index (κ1) is 16.4. The second kappa shape index (κ2) is 5.87. The molecular weight excluding hydrogens is 378 g/mol. The molecule has 0 radical (unpaired) electrons. The summed E-state index contributed by atoms with van der Waals surface area (Å²) in [6, 6.07) is 7.18. The molecule has 1 aromatic heterocycles. The van der Waals surface area contributed by atoms with Crippen molar-refractivity contribution < 1.29 is 9.00 Å². The van der Waals surface area contributed by atoms with Crippen LogP contribution in [0.25, 0.3) is 0 Å². The molecule has 1 aliphatic heterocycles. The maximum atomic E-state index is 12.5. The van der Waals surface area contributed by atoms with Crippen LogP contribution in [-0.2, 0) is 27.8 Å². The van der Waals surface area contributed by atoms with E-state index in [1.54, 1.807) is 12.1 Å². The van der Waals surface area contributed by atoms with E-state index in [1.165, 1.54) is 0 Å². The molecular formula is C16H18BrN3O2S. The van der Waals surface area contributed by atoms with Gasteiger partial charge in [0.1, 0.15) is 5.82 Å². The highest BCUT2D eigenvalue weighted by molar-refractivity contribution is 9.10. The second-order valence-corrected chi connectivity index (χ2v) is 8.92. The Morgan fingerprint density at radius 3 is 2.52 bits per heavy atom. The Morgan fingerprint density at radius 2 is 1.91 bits per heavy atom. The molecule has 0 saturated carbocycles. The summed E-state index contributed by atoms with van der Waals surface area (Å²) in [6.45, 7) is 6.09. The van der Waals surface area contributed by atoms with Gasteiger partial charge in [0.05, 0.1) is 22.7 Å². The zero-order valence-electron chi connectivity index (χ0n) is 13.2. The number of hydrogen-bond donors (Lipinski definition) is 1. The fourth-order valence-electron chi connectivity index (χ4n) is 2.52. The van der Waals surface area contributed by atoms with Crippen molar-refractivity contribution in [1.29, 1.82) is 0 Å². The van der Waals surface area contributed by atoms with Gasteiger partial charge in [-0.25, -0.2) is 4.68 Å². The van der Waals surface area contributed by atoms with Crippen LogP contribution in [0.3, 0.4) is 0 Å². The number of aromatic nitrogens is 2. The molecule has 0 bridgehead atoms. The molecule has 0 spiro atoms. The predicted molar refractivity (Wildman–Crippen MR) is 94.9 cm³/mol. The molecule has 122 valence electrons. The molecule has 3 rings (SSSR count). The van der Waals surface area contributed by atoms with Crippen molar-refractivity contribution in [2.45, 2.75) is 37.8 Å². The minimum Gasteiger partial charge on any atom is -0.306 e. The lowest BCUT2D eigenvalue weighted by Gasteiger charge is -2.23. The number of fused-ring (bicyclic) bond motifs is 1. The molecule has 1 amide bonds. The Kier molecular flexibility index (Phi) is 4.18. The molecule has 2 heterocycles. The van der Waals surface area contributed by atoms with Crippen LogP contribution in [0.5, 0.6) is 0 Å². The van der Waals surface area contributed by atoms with E-state index in [-0.39, 0.29) is 11.4 Å². The molecule has 1 aromatic carbocycles. The Labute approximate surface area is 146 Å². The fraction of sp³-hybridized carbons (Fsp3) is 0.375. The first-order valence-electron chi connectivity index (χ1n) is 7.29.